The highest BCUT2D eigenvalue weighted by Gasteiger charge is 2.22. The molecule has 1 aliphatic rings. The van der Waals surface area contributed by atoms with E-state index in [1.807, 2.05) is 0 Å². The SMILES string of the molecule is CC1CCCCC1CNC(=O)c1cn(CCN)nn1. The van der Waals surface area contributed by atoms with Crippen molar-refractivity contribution in [2.24, 2.45) is 17.6 Å². The summed E-state index contributed by atoms with van der Waals surface area (Å²) in [5.41, 5.74) is 5.80. The van der Waals surface area contributed by atoms with Gasteiger partial charge in [-0.05, 0) is 18.3 Å². The Morgan fingerprint density at radius 3 is 3.05 bits per heavy atom. The van der Waals surface area contributed by atoms with Crippen LogP contribution in [0.5, 0.6) is 0 Å². The Kier molecular flexibility index (Phi) is 4.90. The molecule has 1 aromatic rings. The molecule has 0 bridgehead atoms. The lowest BCUT2D eigenvalue weighted by Crippen LogP contribution is -2.33. The number of amides is 1. The molecule has 2 unspecified atom stereocenters. The Balaban J connectivity index is 1.82. The zero-order valence-corrected chi connectivity index (χ0v) is 11.5. The number of aromatic nitrogens is 3. The first-order chi connectivity index (χ1) is 9.20. The molecule has 0 aliphatic heterocycles. The zero-order chi connectivity index (χ0) is 13.7. The molecule has 106 valence electrons. The van der Waals surface area contributed by atoms with Gasteiger partial charge in [0.1, 0.15) is 0 Å². The van der Waals surface area contributed by atoms with E-state index in [1.165, 1.54) is 25.7 Å². The molecule has 1 saturated carbocycles. The normalized spacial score (nSPS) is 23.3. The maximum atomic E-state index is 12.0. The fraction of sp³-hybridized carbons (Fsp3) is 0.769. The van der Waals surface area contributed by atoms with Crippen molar-refractivity contribution in [3.63, 3.8) is 0 Å². The highest BCUT2D eigenvalue weighted by Crippen LogP contribution is 2.28. The molecule has 6 heteroatoms. The Hall–Kier alpha value is -1.43. The first kappa shape index (κ1) is 14.0. The van der Waals surface area contributed by atoms with E-state index >= 15 is 0 Å². The molecular weight excluding hydrogens is 242 g/mol. The average molecular weight is 265 g/mol. The molecule has 1 fully saturated rings. The summed E-state index contributed by atoms with van der Waals surface area (Å²) in [6.07, 6.45) is 6.72. The van der Waals surface area contributed by atoms with Gasteiger partial charge in [-0.2, -0.15) is 0 Å². The van der Waals surface area contributed by atoms with Gasteiger partial charge in [0.2, 0.25) is 0 Å². The third-order valence-electron chi connectivity index (χ3n) is 3.94. The molecule has 19 heavy (non-hydrogen) atoms. The van der Waals surface area contributed by atoms with E-state index in [2.05, 4.69) is 22.6 Å². The summed E-state index contributed by atoms with van der Waals surface area (Å²) in [5.74, 6) is 1.15. The topological polar surface area (TPSA) is 85.8 Å². The number of nitrogens with one attached hydrogen (secondary N) is 1. The molecule has 1 heterocycles. The van der Waals surface area contributed by atoms with Crippen molar-refractivity contribution in [1.82, 2.24) is 20.3 Å². The lowest BCUT2D eigenvalue weighted by atomic mass is 9.80. The molecule has 0 saturated heterocycles. The largest absolute Gasteiger partial charge is 0.350 e. The molecule has 0 aromatic carbocycles. The van der Waals surface area contributed by atoms with E-state index in [1.54, 1.807) is 10.9 Å². The Morgan fingerprint density at radius 1 is 1.53 bits per heavy atom. The van der Waals surface area contributed by atoms with Gasteiger partial charge < -0.3 is 11.1 Å². The van der Waals surface area contributed by atoms with Crippen molar-refractivity contribution in [2.45, 2.75) is 39.2 Å². The lowest BCUT2D eigenvalue weighted by molar-refractivity contribution is 0.0931. The van der Waals surface area contributed by atoms with E-state index in [0.717, 1.165) is 6.54 Å². The number of hydrogen-bond donors (Lipinski definition) is 2. The van der Waals surface area contributed by atoms with Gasteiger partial charge in [0.25, 0.3) is 5.91 Å². The summed E-state index contributed by atoms with van der Waals surface area (Å²) in [5, 5.41) is 10.7. The molecule has 0 radical (unpaired) electrons. The predicted molar refractivity (Wildman–Crippen MR) is 72.5 cm³/mol. The van der Waals surface area contributed by atoms with Crippen molar-refractivity contribution < 1.29 is 4.79 Å². The van der Waals surface area contributed by atoms with Gasteiger partial charge in [-0.15, -0.1) is 5.10 Å². The summed E-state index contributed by atoms with van der Waals surface area (Å²) in [6, 6.07) is 0. The standard InChI is InChI=1S/C13H23N5O/c1-10-4-2-3-5-11(10)8-15-13(19)12-9-18(7-6-14)17-16-12/h9-11H,2-8,14H2,1H3,(H,15,19). The zero-order valence-electron chi connectivity index (χ0n) is 11.5. The average Bonchev–Trinajstić information content (AvgIpc) is 2.87. The smallest absolute Gasteiger partial charge is 0.273 e. The molecule has 1 aliphatic carbocycles. The molecule has 0 spiro atoms. The van der Waals surface area contributed by atoms with E-state index in [9.17, 15) is 4.79 Å². The summed E-state index contributed by atoms with van der Waals surface area (Å²) in [6.45, 7) is 4.08. The van der Waals surface area contributed by atoms with Gasteiger partial charge in [0.05, 0.1) is 12.7 Å². The second-order valence-corrected chi connectivity index (χ2v) is 5.39. The van der Waals surface area contributed by atoms with Gasteiger partial charge >= 0.3 is 0 Å². The van der Waals surface area contributed by atoms with Gasteiger partial charge in [-0.1, -0.05) is 31.4 Å². The van der Waals surface area contributed by atoms with Crippen LogP contribution in [0.3, 0.4) is 0 Å². The van der Waals surface area contributed by atoms with Crippen LogP contribution in [0.15, 0.2) is 6.20 Å². The summed E-state index contributed by atoms with van der Waals surface area (Å²) in [7, 11) is 0. The maximum Gasteiger partial charge on any atom is 0.273 e. The fourth-order valence-electron chi connectivity index (χ4n) is 2.65. The number of carbonyl (C=O) groups excluding carboxylic acids is 1. The van der Waals surface area contributed by atoms with E-state index in [4.69, 9.17) is 5.73 Å². The fourth-order valence-corrected chi connectivity index (χ4v) is 2.65. The van der Waals surface area contributed by atoms with Crippen LogP contribution in [0.4, 0.5) is 0 Å². The first-order valence-corrected chi connectivity index (χ1v) is 7.09. The van der Waals surface area contributed by atoms with Crippen LogP contribution in [0.2, 0.25) is 0 Å². The molecule has 3 N–H and O–H groups in total. The number of nitrogens with zero attached hydrogens (tertiary/aromatic N) is 3. The Labute approximate surface area is 113 Å². The van der Waals surface area contributed by atoms with Gasteiger partial charge in [0, 0.05) is 13.1 Å². The highest BCUT2D eigenvalue weighted by atomic mass is 16.2. The number of nitrogens with two attached hydrogens (primary N) is 1. The maximum absolute atomic E-state index is 12.0. The summed E-state index contributed by atoms with van der Waals surface area (Å²) >= 11 is 0. The van der Waals surface area contributed by atoms with Crippen molar-refractivity contribution in [3.8, 4) is 0 Å². The molecule has 1 amide bonds. The van der Waals surface area contributed by atoms with Crippen LogP contribution in [0, 0.1) is 11.8 Å². The van der Waals surface area contributed by atoms with Crippen molar-refractivity contribution in [3.05, 3.63) is 11.9 Å². The van der Waals surface area contributed by atoms with Gasteiger partial charge in [-0.3, -0.25) is 9.48 Å². The molecule has 2 rings (SSSR count). The number of rotatable bonds is 5. The third-order valence-corrected chi connectivity index (χ3v) is 3.94. The molecule has 6 nitrogen and oxygen atoms in total. The van der Waals surface area contributed by atoms with Crippen LogP contribution in [-0.2, 0) is 6.54 Å². The van der Waals surface area contributed by atoms with Crippen molar-refractivity contribution in [2.75, 3.05) is 13.1 Å². The van der Waals surface area contributed by atoms with E-state index in [0.29, 0.717) is 30.6 Å². The second-order valence-electron chi connectivity index (χ2n) is 5.39. The Bertz CT molecular complexity index is 417. The van der Waals surface area contributed by atoms with Crippen molar-refractivity contribution in [1.29, 1.82) is 0 Å². The minimum absolute atomic E-state index is 0.138. The molecule has 1 aromatic heterocycles. The second kappa shape index (κ2) is 6.65. The van der Waals surface area contributed by atoms with Gasteiger partial charge in [-0.25, -0.2) is 0 Å². The lowest BCUT2D eigenvalue weighted by Gasteiger charge is -2.28. The number of hydrogen-bond acceptors (Lipinski definition) is 4. The molecule has 2 atom stereocenters. The third kappa shape index (κ3) is 3.76. The monoisotopic (exact) mass is 265 g/mol. The van der Waals surface area contributed by atoms with Crippen molar-refractivity contribution >= 4 is 5.91 Å². The van der Waals surface area contributed by atoms with Crippen LogP contribution < -0.4 is 11.1 Å². The van der Waals surface area contributed by atoms with E-state index in [-0.39, 0.29) is 5.91 Å². The molecular formula is C13H23N5O. The Morgan fingerprint density at radius 2 is 2.32 bits per heavy atom. The van der Waals surface area contributed by atoms with Crippen LogP contribution in [0.1, 0.15) is 43.1 Å². The summed E-state index contributed by atoms with van der Waals surface area (Å²) in [4.78, 5) is 12.0. The summed E-state index contributed by atoms with van der Waals surface area (Å²) < 4.78 is 1.60. The highest BCUT2D eigenvalue weighted by molar-refractivity contribution is 5.91. The predicted octanol–water partition coefficient (Wildman–Crippen LogP) is 0.793. The van der Waals surface area contributed by atoms with Crippen LogP contribution in [-0.4, -0.2) is 34.0 Å². The van der Waals surface area contributed by atoms with Crippen LogP contribution in [0.25, 0.3) is 0 Å². The number of carbonyl (C=O) groups is 1. The van der Waals surface area contributed by atoms with Gasteiger partial charge in [0.15, 0.2) is 5.69 Å². The minimum atomic E-state index is -0.138. The van der Waals surface area contributed by atoms with E-state index < -0.39 is 0 Å². The minimum Gasteiger partial charge on any atom is -0.350 e. The quantitative estimate of drug-likeness (QED) is 0.824. The van der Waals surface area contributed by atoms with Crippen LogP contribution >= 0.6 is 0 Å². The first-order valence-electron chi connectivity index (χ1n) is 7.09.